The maximum atomic E-state index is 12.6. The second kappa shape index (κ2) is 9.63. The number of allylic oxidation sites excluding steroid dienone is 1. The van der Waals surface area contributed by atoms with Crippen molar-refractivity contribution in [2.75, 3.05) is 44.2 Å². The maximum absolute atomic E-state index is 12.6. The Morgan fingerprint density at radius 1 is 1.00 bits per heavy atom. The van der Waals surface area contributed by atoms with Crippen molar-refractivity contribution in [3.05, 3.63) is 54.8 Å². The monoisotopic (exact) mass is 396 g/mol. The number of amides is 2. The fraction of sp³-hybridized carbons (Fsp3) is 0.478. The first-order valence-electron chi connectivity index (χ1n) is 10.4. The fourth-order valence-corrected chi connectivity index (χ4v) is 3.92. The molecule has 6 nitrogen and oxygen atoms in total. The van der Waals surface area contributed by atoms with Gasteiger partial charge in [-0.3, -0.25) is 9.59 Å². The van der Waals surface area contributed by atoms with Gasteiger partial charge in [0.25, 0.3) is 0 Å². The molecule has 3 rings (SSSR count). The molecular weight excluding hydrogens is 364 g/mol. The van der Waals surface area contributed by atoms with Crippen LogP contribution in [0.2, 0.25) is 0 Å². The van der Waals surface area contributed by atoms with Gasteiger partial charge < -0.3 is 20.0 Å². The van der Waals surface area contributed by atoms with Crippen LogP contribution in [0.4, 0.5) is 5.69 Å². The third kappa shape index (κ3) is 5.62. The summed E-state index contributed by atoms with van der Waals surface area (Å²) in [7, 11) is 0. The average Bonchev–Trinajstić information content (AvgIpc) is 2.74. The van der Waals surface area contributed by atoms with Gasteiger partial charge >= 0.3 is 0 Å². The van der Waals surface area contributed by atoms with E-state index in [-0.39, 0.29) is 18.2 Å². The Labute approximate surface area is 173 Å². The van der Waals surface area contributed by atoms with Gasteiger partial charge in [0, 0.05) is 56.7 Å². The van der Waals surface area contributed by atoms with E-state index in [0.29, 0.717) is 32.2 Å². The lowest BCUT2D eigenvalue weighted by Gasteiger charge is -2.37. The summed E-state index contributed by atoms with van der Waals surface area (Å²) in [5.74, 6) is -0.115. The van der Waals surface area contributed by atoms with Gasteiger partial charge in [0.1, 0.15) is 6.42 Å². The molecule has 0 aliphatic carbocycles. The highest BCUT2D eigenvalue weighted by molar-refractivity contribution is 5.97. The van der Waals surface area contributed by atoms with Gasteiger partial charge in [0.2, 0.25) is 11.8 Å². The summed E-state index contributed by atoms with van der Waals surface area (Å²) in [6, 6.07) is 8.78. The molecule has 2 heterocycles. The van der Waals surface area contributed by atoms with Crippen LogP contribution in [0.3, 0.4) is 0 Å². The molecule has 0 saturated carbocycles. The molecule has 0 aromatic heterocycles. The number of benzene rings is 1. The van der Waals surface area contributed by atoms with E-state index < -0.39 is 0 Å². The predicted octanol–water partition coefficient (Wildman–Crippen LogP) is 2.31. The first-order chi connectivity index (χ1) is 14.0. The van der Waals surface area contributed by atoms with Crippen LogP contribution >= 0.6 is 0 Å². The largest absolute Gasteiger partial charge is 0.383 e. The summed E-state index contributed by atoms with van der Waals surface area (Å²) >= 11 is 0. The zero-order chi connectivity index (χ0) is 20.8. The lowest BCUT2D eigenvalue weighted by molar-refractivity contribution is -0.141. The zero-order valence-corrected chi connectivity index (χ0v) is 17.4. The van der Waals surface area contributed by atoms with Crippen molar-refractivity contribution in [3.8, 4) is 0 Å². The number of piperazine rings is 1. The number of nitrogens with zero attached hydrogens (tertiary/aromatic N) is 3. The Bertz CT molecular complexity index is 743. The maximum Gasteiger partial charge on any atom is 0.232 e. The number of likely N-dealkylation sites (tertiary alicyclic amines) is 1. The summed E-state index contributed by atoms with van der Waals surface area (Å²) in [6.45, 7) is 13.9. The molecule has 2 aliphatic heterocycles. The standard InChI is InChI=1S/C23H32N4O2/c1-4-19(3)24-20-9-11-26(12-10-20)22(28)17-23(29)27-15-13-25(14-16-27)21-7-5-18(2)6-8-21/h4-8,20,24H,1,3,9-17H2,2H3. The van der Waals surface area contributed by atoms with Crippen molar-refractivity contribution in [1.29, 1.82) is 0 Å². The molecule has 1 aromatic rings. The van der Waals surface area contributed by atoms with Gasteiger partial charge in [-0.05, 0) is 38.0 Å². The summed E-state index contributed by atoms with van der Waals surface area (Å²) in [4.78, 5) is 31.1. The van der Waals surface area contributed by atoms with E-state index in [0.717, 1.165) is 31.6 Å². The molecule has 6 heteroatoms. The van der Waals surface area contributed by atoms with Crippen molar-refractivity contribution in [1.82, 2.24) is 15.1 Å². The van der Waals surface area contributed by atoms with E-state index in [1.807, 2.05) is 9.80 Å². The third-order valence-electron chi connectivity index (χ3n) is 5.82. The molecule has 0 spiro atoms. The Balaban J connectivity index is 1.41. The molecule has 0 unspecified atom stereocenters. The Kier molecular flexibility index (Phi) is 6.96. The molecule has 0 bridgehead atoms. The lowest BCUT2D eigenvalue weighted by atomic mass is 10.0. The third-order valence-corrected chi connectivity index (χ3v) is 5.82. The lowest BCUT2D eigenvalue weighted by Crippen LogP contribution is -2.50. The number of anilines is 1. The highest BCUT2D eigenvalue weighted by atomic mass is 16.2. The quantitative estimate of drug-likeness (QED) is 0.592. The molecule has 29 heavy (non-hydrogen) atoms. The van der Waals surface area contributed by atoms with E-state index in [4.69, 9.17) is 0 Å². The van der Waals surface area contributed by atoms with E-state index >= 15 is 0 Å². The number of nitrogens with one attached hydrogen (secondary N) is 1. The SMILES string of the molecule is C=CC(=C)NC1CCN(C(=O)CC(=O)N2CCN(c3ccc(C)cc3)CC2)CC1. The van der Waals surface area contributed by atoms with E-state index in [1.165, 1.54) is 11.3 Å². The molecule has 1 aromatic carbocycles. The van der Waals surface area contributed by atoms with Gasteiger partial charge in [-0.1, -0.05) is 30.9 Å². The molecule has 1 N–H and O–H groups in total. The number of hydrogen-bond donors (Lipinski definition) is 1. The van der Waals surface area contributed by atoms with E-state index in [9.17, 15) is 9.59 Å². The first-order valence-corrected chi connectivity index (χ1v) is 10.4. The zero-order valence-electron chi connectivity index (χ0n) is 17.4. The molecule has 0 atom stereocenters. The molecule has 156 valence electrons. The number of carbonyl (C=O) groups is 2. The fourth-order valence-electron chi connectivity index (χ4n) is 3.92. The number of piperidine rings is 1. The van der Waals surface area contributed by atoms with Crippen LogP contribution < -0.4 is 10.2 Å². The van der Waals surface area contributed by atoms with Crippen LogP contribution in [-0.2, 0) is 9.59 Å². The van der Waals surface area contributed by atoms with Gasteiger partial charge in [0.05, 0.1) is 0 Å². The number of rotatable bonds is 6. The molecule has 2 fully saturated rings. The average molecular weight is 397 g/mol. The van der Waals surface area contributed by atoms with E-state index in [1.54, 1.807) is 6.08 Å². The highest BCUT2D eigenvalue weighted by Crippen LogP contribution is 2.18. The van der Waals surface area contributed by atoms with Crippen molar-refractivity contribution >= 4 is 17.5 Å². The second-order valence-electron chi connectivity index (χ2n) is 7.91. The van der Waals surface area contributed by atoms with Gasteiger partial charge in [-0.2, -0.15) is 0 Å². The predicted molar refractivity (Wildman–Crippen MR) is 117 cm³/mol. The van der Waals surface area contributed by atoms with Crippen LogP contribution in [0.15, 0.2) is 49.2 Å². The second-order valence-corrected chi connectivity index (χ2v) is 7.91. The van der Waals surface area contributed by atoms with E-state index in [2.05, 4.69) is 54.6 Å². The topological polar surface area (TPSA) is 55.9 Å². The Morgan fingerprint density at radius 2 is 1.55 bits per heavy atom. The minimum atomic E-state index is -0.0584. The van der Waals surface area contributed by atoms with Crippen LogP contribution in [0, 0.1) is 6.92 Å². The molecule has 2 saturated heterocycles. The molecule has 2 amide bonds. The van der Waals surface area contributed by atoms with Crippen molar-refractivity contribution < 1.29 is 9.59 Å². The molecular formula is C23H32N4O2. The number of aryl methyl sites for hydroxylation is 1. The normalized spacial score (nSPS) is 17.8. The molecule has 0 radical (unpaired) electrons. The summed E-state index contributed by atoms with van der Waals surface area (Å²) in [6.07, 6.45) is 3.40. The number of hydrogen-bond acceptors (Lipinski definition) is 4. The Hall–Kier alpha value is -2.76. The smallest absolute Gasteiger partial charge is 0.232 e. The number of carbonyl (C=O) groups excluding carboxylic acids is 2. The Morgan fingerprint density at radius 3 is 2.10 bits per heavy atom. The summed E-state index contributed by atoms with van der Waals surface area (Å²) < 4.78 is 0. The van der Waals surface area contributed by atoms with Gasteiger partial charge in [0.15, 0.2) is 0 Å². The summed E-state index contributed by atoms with van der Waals surface area (Å²) in [5, 5.41) is 3.31. The van der Waals surface area contributed by atoms with Crippen molar-refractivity contribution in [2.24, 2.45) is 0 Å². The first kappa shape index (κ1) is 21.0. The van der Waals surface area contributed by atoms with Gasteiger partial charge in [-0.15, -0.1) is 0 Å². The van der Waals surface area contributed by atoms with Crippen molar-refractivity contribution in [2.45, 2.75) is 32.2 Å². The van der Waals surface area contributed by atoms with Crippen LogP contribution in [0.1, 0.15) is 24.8 Å². The van der Waals surface area contributed by atoms with Crippen LogP contribution in [0.25, 0.3) is 0 Å². The van der Waals surface area contributed by atoms with Crippen molar-refractivity contribution in [3.63, 3.8) is 0 Å². The molecule has 2 aliphatic rings. The van der Waals surface area contributed by atoms with Crippen LogP contribution in [0.5, 0.6) is 0 Å². The minimum Gasteiger partial charge on any atom is -0.383 e. The van der Waals surface area contributed by atoms with Gasteiger partial charge in [-0.25, -0.2) is 0 Å². The summed E-state index contributed by atoms with van der Waals surface area (Å²) in [5.41, 5.74) is 3.25. The highest BCUT2D eigenvalue weighted by Gasteiger charge is 2.27. The van der Waals surface area contributed by atoms with Crippen LogP contribution in [-0.4, -0.2) is 66.9 Å². The minimum absolute atomic E-state index is 0.0258.